The lowest BCUT2D eigenvalue weighted by atomic mass is 10.0. The molecule has 1 unspecified atom stereocenters. The zero-order valence-corrected chi connectivity index (χ0v) is 16.8. The van der Waals surface area contributed by atoms with E-state index in [4.69, 9.17) is 9.15 Å². The van der Waals surface area contributed by atoms with Gasteiger partial charge in [0.25, 0.3) is 5.91 Å². The average molecular weight is 383 g/mol. The monoisotopic (exact) mass is 383 g/mol. The van der Waals surface area contributed by atoms with Gasteiger partial charge in [0, 0.05) is 26.1 Å². The van der Waals surface area contributed by atoms with E-state index in [0.717, 1.165) is 25.7 Å². The van der Waals surface area contributed by atoms with Crippen molar-refractivity contribution in [3.05, 3.63) is 69.3 Å². The number of carbonyl (C=O) groups is 1. The van der Waals surface area contributed by atoms with E-state index in [1.807, 2.05) is 31.2 Å². The summed E-state index contributed by atoms with van der Waals surface area (Å²) in [7, 11) is 0. The molecule has 1 aliphatic rings. The van der Waals surface area contributed by atoms with E-state index in [2.05, 4.69) is 19.1 Å². The Morgan fingerprint density at radius 3 is 2.75 bits per heavy atom. The van der Waals surface area contributed by atoms with Gasteiger partial charge in [-0.15, -0.1) is 0 Å². The molecule has 5 heteroatoms. The highest BCUT2D eigenvalue weighted by atomic mass is 16.5. The molecular weight excluding hydrogens is 354 g/mol. The fourth-order valence-corrected chi connectivity index (χ4v) is 3.67. The molecule has 0 saturated carbocycles. The number of likely N-dealkylation sites (tertiary alicyclic amines) is 1. The number of piperidine rings is 1. The Hall–Kier alpha value is -2.40. The van der Waals surface area contributed by atoms with E-state index in [0.29, 0.717) is 37.4 Å². The summed E-state index contributed by atoms with van der Waals surface area (Å²) in [6.45, 7) is 5.77. The highest BCUT2D eigenvalue weighted by Gasteiger charge is 2.28. The quantitative estimate of drug-likeness (QED) is 0.730. The van der Waals surface area contributed by atoms with Gasteiger partial charge < -0.3 is 14.1 Å². The van der Waals surface area contributed by atoms with Crippen LogP contribution in [-0.4, -0.2) is 36.6 Å². The Labute approximate surface area is 166 Å². The van der Waals surface area contributed by atoms with Crippen molar-refractivity contribution >= 4 is 5.91 Å². The van der Waals surface area contributed by atoms with Crippen LogP contribution < -0.4 is 5.63 Å². The zero-order valence-electron chi connectivity index (χ0n) is 16.8. The predicted molar refractivity (Wildman–Crippen MR) is 109 cm³/mol. The molecule has 0 radical (unpaired) electrons. The highest BCUT2D eigenvalue weighted by Crippen LogP contribution is 2.18. The third-order valence-corrected chi connectivity index (χ3v) is 5.14. The van der Waals surface area contributed by atoms with Crippen LogP contribution in [0.3, 0.4) is 0 Å². The largest absolute Gasteiger partial charge is 0.427 e. The molecular formula is C23H29NO4. The Morgan fingerprint density at radius 1 is 1.25 bits per heavy atom. The normalized spacial score (nSPS) is 16.9. The number of nitrogens with zero attached hydrogens (tertiary/aromatic N) is 1. The van der Waals surface area contributed by atoms with Gasteiger partial charge >= 0.3 is 5.63 Å². The van der Waals surface area contributed by atoms with E-state index < -0.39 is 5.63 Å². The van der Waals surface area contributed by atoms with Gasteiger partial charge in [0.15, 0.2) is 0 Å². The molecule has 1 saturated heterocycles. The lowest BCUT2D eigenvalue weighted by Crippen LogP contribution is -2.44. The Morgan fingerprint density at radius 2 is 2.04 bits per heavy atom. The van der Waals surface area contributed by atoms with Gasteiger partial charge in [-0.2, -0.15) is 0 Å². The smallest absolute Gasteiger partial charge is 0.349 e. The molecule has 2 heterocycles. The maximum absolute atomic E-state index is 13.0. The summed E-state index contributed by atoms with van der Waals surface area (Å²) in [6, 6.07) is 11.9. The standard InChI is InChI=1S/C23H29NO4/c1-3-14-27-20-10-7-13-24(16-20)22(25)21-17(2)15-19(28-23(21)26)12-11-18-8-5-4-6-9-18/h4-6,8-9,15,20H,3,7,10-14,16H2,1-2H3. The Kier molecular flexibility index (Phi) is 7.04. The molecule has 3 rings (SSSR count). The summed E-state index contributed by atoms with van der Waals surface area (Å²) in [6.07, 6.45) is 4.27. The predicted octanol–water partition coefficient (Wildman–Crippen LogP) is 3.76. The molecule has 1 aliphatic heterocycles. The molecule has 1 aromatic heterocycles. The van der Waals surface area contributed by atoms with Crippen molar-refractivity contribution in [1.29, 1.82) is 0 Å². The van der Waals surface area contributed by atoms with Gasteiger partial charge in [-0.05, 0) is 49.8 Å². The van der Waals surface area contributed by atoms with Gasteiger partial charge in [-0.25, -0.2) is 4.79 Å². The second-order valence-corrected chi connectivity index (χ2v) is 7.43. The maximum Gasteiger partial charge on any atom is 0.349 e. The molecule has 1 atom stereocenters. The van der Waals surface area contributed by atoms with Gasteiger partial charge in [-0.1, -0.05) is 37.3 Å². The van der Waals surface area contributed by atoms with E-state index in [1.54, 1.807) is 4.90 Å². The second-order valence-electron chi connectivity index (χ2n) is 7.43. The first kappa shape index (κ1) is 20.3. The van der Waals surface area contributed by atoms with Crippen LogP contribution in [0.1, 0.15) is 53.4 Å². The number of carbonyl (C=O) groups excluding carboxylic acids is 1. The molecule has 0 aliphatic carbocycles. The van der Waals surface area contributed by atoms with E-state index in [9.17, 15) is 9.59 Å². The molecule has 1 amide bonds. The van der Waals surface area contributed by atoms with Crippen LogP contribution in [0.15, 0.2) is 45.6 Å². The molecule has 150 valence electrons. The van der Waals surface area contributed by atoms with Gasteiger partial charge in [0.1, 0.15) is 11.3 Å². The number of aryl methyl sites for hydroxylation is 3. The topological polar surface area (TPSA) is 59.8 Å². The van der Waals surface area contributed by atoms with Gasteiger partial charge in [-0.3, -0.25) is 4.79 Å². The van der Waals surface area contributed by atoms with Crippen molar-refractivity contribution in [2.24, 2.45) is 0 Å². The first-order valence-electron chi connectivity index (χ1n) is 10.2. The number of hydrogen-bond donors (Lipinski definition) is 0. The number of benzene rings is 1. The minimum Gasteiger partial charge on any atom is -0.427 e. The molecule has 0 bridgehead atoms. The fourth-order valence-electron chi connectivity index (χ4n) is 3.67. The van der Waals surface area contributed by atoms with E-state index >= 15 is 0 Å². The number of amides is 1. The summed E-state index contributed by atoms with van der Waals surface area (Å²) >= 11 is 0. The van der Waals surface area contributed by atoms with Crippen molar-refractivity contribution in [2.45, 2.75) is 52.1 Å². The number of ether oxygens (including phenoxy) is 1. The second kappa shape index (κ2) is 9.69. The van der Waals surface area contributed by atoms with Crippen molar-refractivity contribution in [3.63, 3.8) is 0 Å². The maximum atomic E-state index is 13.0. The van der Waals surface area contributed by atoms with Crippen LogP contribution in [0.5, 0.6) is 0 Å². The van der Waals surface area contributed by atoms with Crippen LogP contribution in [-0.2, 0) is 17.6 Å². The number of rotatable bonds is 7. The molecule has 5 nitrogen and oxygen atoms in total. The Bertz CT molecular complexity index is 843. The molecule has 1 fully saturated rings. The fraction of sp³-hybridized carbons (Fsp3) is 0.478. The third-order valence-electron chi connectivity index (χ3n) is 5.14. The van der Waals surface area contributed by atoms with Crippen molar-refractivity contribution in [2.75, 3.05) is 19.7 Å². The lowest BCUT2D eigenvalue weighted by Gasteiger charge is -2.32. The minimum atomic E-state index is -0.537. The lowest BCUT2D eigenvalue weighted by molar-refractivity contribution is 0.00193. The summed E-state index contributed by atoms with van der Waals surface area (Å²) in [5.41, 5.74) is 1.49. The molecule has 0 spiro atoms. The van der Waals surface area contributed by atoms with Crippen molar-refractivity contribution < 1.29 is 13.9 Å². The summed E-state index contributed by atoms with van der Waals surface area (Å²) < 4.78 is 11.3. The zero-order chi connectivity index (χ0) is 19.9. The summed E-state index contributed by atoms with van der Waals surface area (Å²) in [4.78, 5) is 27.3. The van der Waals surface area contributed by atoms with Crippen LogP contribution in [0, 0.1) is 6.92 Å². The van der Waals surface area contributed by atoms with E-state index in [-0.39, 0.29) is 17.6 Å². The third kappa shape index (κ3) is 5.10. The molecule has 2 aromatic rings. The van der Waals surface area contributed by atoms with Gasteiger partial charge in [0.05, 0.1) is 6.10 Å². The molecule has 28 heavy (non-hydrogen) atoms. The summed E-state index contributed by atoms with van der Waals surface area (Å²) in [5, 5.41) is 0. The molecule has 0 N–H and O–H groups in total. The SMILES string of the molecule is CCCOC1CCCN(C(=O)c2c(C)cc(CCc3ccccc3)oc2=O)C1. The highest BCUT2D eigenvalue weighted by molar-refractivity contribution is 5.95. The first-order valence-corrected chi connectivity index (χ1v) is 10.2. The van der Waals surface area contributed by atoms with Crippen LogP contribution in [0.4, 0.5) is 0 Å². The molecule has 1 aromatic carbocycles. The first-order chi connectivity index (χ1) is 13.6. The van der Waals surface area contributed by atoms with Crippen molar-refractivity contribution in [1.82, 2.24) is 4.90 Å². The summed E-state index contributed by atoms with van der Waals surface area (Å²) in [5.74, 6) is 0.372. The minimum absolute atomic E-state index is 0.0511. The Balaban J connectivity index is 1.69. The van der Waals surface area contributed by atoms with E-state index in [1.165, 1.54) is 5.56 Å². The average Bonchev–Trinajstić information content (AvgIpc) is 2.71. The van der Waals surface area contributed by atoms with Gasteiger partial charge in [0.2, 0.25) is 0 Å². The van der Waals surface area contributed by atoms with Crippen LogP contribution >= 0.6 is 0 Å². The van der Waals surface area contributed by atoms with Crippen LogP contribution in [0.25, 0.3) is 0 Å². The number of hydrogen-bond acceptors (Lipinski definition) is 4. The van der Waals surface area contributed by atoms with Crippen LogP contribution in [0.2, 0.25) is 0 Å². The van der Waals surface area contributed by atoms with Crippen molar-refractivity contribution in [3.8, 4) is 0 Å².